The molecule has 12 atom stereocenters. The molecule has 0 spiro atoms. The highest BCUT2D eigenvalue weighted by molar-refractivity contribution is 7.52. The molecule has 14 rings (SSSR count). The Labute approximate surface area is 643 Å². The molecule has 106 heavy (non-hydrogen) atoms. The van der Waals surface area contributed by atoms with Crippen molar-refractivity contribution in [2.45, 2.75) is 279 Å². The summed E-state index contributed by atoms with van der Waals surface area (Å²) in [5.74, 6) is 1.90. The second kappa shape index (κ2) is 53.3. The Morgan fingerprint density at radius 3 is 0.792 bits per heavy atom. The lowest BCUT2D eigenvalue weighted by Gasteiger charge is -2.30. The van der Waals surface area contributed by atoms with Crippen LogP contribution in [0, 0.1) is 23.7 Å². The lowest BCUT2D eigenvalue weighted by atomic mass is 9.82. The highest BCUT2D eigenvalue weighted by Gasteiger charge is 2.37. The van der Waals surface area contributed by atoms with Gasteiger partial charge in [0.1, 0.15) is 0 Å². The average molecular weight is 1500 g/mol. The van der Waals surface area contributed by atoms with Crippen LogP contribution in [0.15, 0.2) is 182 Å². The van der Waals surface area contributed by atoms with Crippen LogP contribution in [0.2, 0.25) is 0 Å². The largest absolute Gasteiger partial charge is 0.392 e. The zero-order valence-electron chi connectivity index (χ0n) is 64.1. The quantitative estimate of drug-likeness (QED) is 0.0381. The van der Waals surface area contributed by atoms with Crippen molar-refractivity contribution >= 4 is 23.1 Å². The van der Waals surface area contributed by atoms with Gasteiger partial charge in [-0.25, -0.2) is 0 Å². The topological polar surface area (TPSA) is 278 Å². The van der Waals surface area contributed by atoms with Crippen LogP contribution < -0.4 is 21.3 Å². The van der Waals surface area contributed by atoms with Gasteiger partial charge in [0.25, 0.3) is 0 Å². The van der Waals surface area contributed by atoms with E-state index in [0.717, 1.165) is 99.8 Å². The van der Waals surface area contributed by atoms with Gasteiger partial charge in [-0.3, -0.25) is 0 Å². The zero-order chi connectivity index (χ0) is 76.6. The number of benzene rings is 6. The van der Waals surface area contributed by atoms with Gasteiger partial charge in [0.05, 0.1) is 47.8 Å². The Hall–Kier alpha value is -5.52. The van der Waals surface area contributed by atoms with Crippen LogP contribution in [0.25, 0.3) is 0 Å². The normalized spacial score (nSPS) is 22.5. The van der Waals surface area contributed by atoms with E-state index in [1.807, 2.05) is 185 Å². The molecule has 0 amide bonds. The van der Waals surface area contributed by atoms with Gasteiger partial charge in [-0.2, -0.15) is 16.8 Å². The molecule has 4 heterocycles. The molecule has 4 saturated heterocycles. The monoisotopic (exact) mass is 1500 g/mol. The van der Waals surface area contributed by atoms with Crippen molar-refractivity contribution in [2.24, 2.45) is 23.7 Å². The van der Waals surface area contributed by atoms with E-state index in [2.05, 4.69) is 45.5 Å². The first-order valence-corrected chi connectivity index (χ1v) is 41.3. The van der Waals surface area contributed by atoms with Crippen LogP contribution in [0.1, 0.15) is 240 Å². The summed E-state index contributed by atoms with van der Waals surface area (Å²) in [5, 5.41) is 92.6. The van der Waals surface area contributed by atoms with Gasteiger partial charge in [-0.1, -0.05) is 247 Å². The van der Waals surface area contributed by atoms with Gasteiger partial charge < -0.3 is 62.1 Å². The molecule has 6 aromatic carbocycles. The number of aliphatic hydroxyl groups is 8. The van der Waals surface area contributed by atoms with Gasteiger partial charge in [0.15, 0.2) is 0 Å². The minimum Gasteiger partial charge on any atom is -0.392 e. The van der Waals surface area contributed by atoms with Crippen molar-refractivity contribution in [1.29, 1.82) is 0 Å². The fraction of sp³-hybridized carbons (Fsp3) is 0.591. The van der Waals surface area contributed by atoms with E-state index < -0.39 is 34.3 Å². The molecule has 0 radical (unpaired) electrons. The van der Waals surface area contributed by atoms with Crippen molar-refractivity contribution in [3.8, 4) is 0 Å². The summed E-state index contributed by atoms with van der Waals surface area (Å²) < 4.78 is 33.2. The minimum absolute atomic E-state index is 0.118. The molecular formula is C88H132N4O12S2. The van der Waals surface area contributed by atoms with Crippen LogP contribution in [0.5, 0.6) is 0 Å². The maximum atomic E-state index is 10.5. The van der Waals surface area contributed by atoms with Gasteiger partial charge in [-0.05, 0) is 225 Å². The minimum atomic E-state index is -0.750. The first-order valence-electron chi connectivity index (χ1n) is 40.0. The van der Waals surface area contributed by atoms with Gasteiger partial charge in [-0.15, -0.1) is 0 Å². The molecule has 18 heteroatoms. The third kappa shape index (κ3) is 33.8. The second-order valence-corrected chi connectivity index (χ2v) is 30.5. The van der Waals surface area contributed by atoms with Gasteiger partial charge in [0.2, 0.25) is 0 Å². The standard InChI is InChI=1S/2C13H18O.2C12H17NO.2C12H16O.2C7H15NO.2O2S/c2*1-13(14,12-9-5-6-10-12)11-7-3-2-4-8-11;2*14-12(11-7-4-8-13-11)9-10-5-2-1-3-6-10;2*13-12(11-8-4-5-9-11)10-6-2-1-3-7-10;2*1-2-7(9)6-4-3-5-8-6;2*1-3-2/h2*2-4,7-8,12,14H,5-6,9-10H2,1H3;2*1-3,5-6,11-14H,4,7-9H2;2*1-3,6-7,11-13H,4-5,8-9H2;2*6-9H,2-5H2,1H3;;/t2*13-;2*11-,12+;2*12-;2*6-,7+;;/m10101010../s1. The summed E-state index contributed by atoms with van der Waals surface area (Å²) in [4.78, 5) is 0. The molecule has 16 nitrogen and oxygen atoms in total. The molecule has 588 valence electrons. The first kappa shape index (κ1) is 91.1. The molecule has 0 unspecified atom stereocenters. The molecular weight excluding hydrogens is 1370 g/mol. The van der Waals surface area contributed by atoms with E-state index in [4.69, 9.17) is 16.8 Å². The smallest absolute Gasteiger partial charge is 0.335 e. The van der Waals surface area contributed by atoms with Crippen molar-refractivity contribution in [2.75, 3.05) is 26.2 Å². The Balaban J connectivity index is 0.000000216. The van der Waals surface area contributed by atoms with E-state index in [9.17, 15) is 40.9 Å². The first-order chi connectivity index (χ1) is 51.4. The summed E-state index contributed by atoms with van der Waals surface area (Å²) in [6, 6.07) is 61.8. The Morgan fingerprint density at radius 2 is 0.557 bits per heavy atom. The average Bonchev–Trinajstić information content (AvgIpc) is 1.49. The predicted molar refractivity (Wildman–Crippen MR) is 430 cm³/mol. The maximum absolute atomic E-state index is 10.5. The van der Waals surface area contributed by atoms with Crippen LogP contribution in [-0.2, 0) is 47.2 Å². The summed E-state index contributed by atoms with van der Waals surface area (Å²) in [5.41, 5.74) is 5.46. The predicted octanol–water partition coefficient (Wildman–Crippen LogP) is 14.4. The molecule has 8 fully saturated rings. The van der Waals surface area contributed by atoms with E-state index in [-0.39, 0.29) is 36.6 Å². The van der Waals surface area contributed by atoms with Crippen LogP contribution in [0.3, 0.4) is 0 Å². The highest BCUT2D eigenvalue weighted by Crippen LogP contribution is 2.42. The molecule has 8 aliphatic rings. The molecule has 4 aliphatic heterocycles. The number of rotatable bonds is 18. The Bertz CT molecular complexity index is 2950. The summed E-state index contributed by atoms with van der Waals surface area (Å²) in [6.45, 7) is 12.2. The Kier molecular flexibility index (Phi) is 45.8. The molecule has 4 aliphatic carbocycles. The second-order valence-electron chi connectivity index (χ2n) is 30.2. The molecule has 0 aromatic heterocycles. The van der Waals surface area contributed by atoms with E-state index in [1.165, 1.54) is 140 Å². The number of aliphatic hydroxyl groups excluding tert-OH is 6. The van der Waals surface area contributed by atoms with E-state index in [1.54, 1.807) is 0 Å². The lowest BCUT2D eigenvalue weighted by Crippen LogP contribution is -2.36. The molecule has 6 aromatic rings. The fourth-order valence-corrected chi connectivity index (χ4v) is 16.1. The number of nitrogens with one attached hydrogen (secondary N) is 4. The molecule has 0 bridgehead atoms. The molecule has 4 saturated carbocycles. The fourth-order valence-electron chi connectivity index (χ4n) is 16.1. The third-order valence-electron chi connectivity index (χ3n) is 22.7. The summed E-state index contributed by atoms with van der Waals surface area (Å²) in [6.07, 6.45) is 31.1. The van der Waals surface area contributed by atoms with Gasteiger partial charge >= 0.3 is 23.1 Å². The SMILES string of the molecule is CC[C@@H](O)[C@@H]1CCCN1.CC[C@H](O)[C@H]1CCCN1.C[C@@](O)(c1ccccc1)C1CCCC1.C[C@](O)(c1ccccc1)C1CCCC1.O=S=O.O=S=O.O[C@@H](Cc1ccccc1)[C@H]1CCCN1.O[C@@H](c1ccccc1)C1CCCC1.O[C@H](Cc1ccccc1)[C@@H]1CCCN1.O[C@H](c1ccccc1)C1CCCC1. The van der Waals surface area contributed by atoms with Crippen LogP contribution >= 0.6 is 0 Å². The van der Waals surface area contributed by atoms with Crippen LogP contribution in [0.4, 0.5) is 0 Å². The van der Waals surface area contributed by atoms with Crippen molar-refractivity contribution in [3.63, 3.8) is 0 Å². The van der Waals surface area contributed by atoms with Gasteiger partial charge in [0, 0.05) is 24.2 Å². The van der Waals surface area contributed by atoms with E-state index >= 15 is 0 Å². The lowest BCUT2D eigenvalue weighted by molar-refractivity contribution is -0.00363. The zero-order valence-corrected chi connectivity index (χ0v) is 65.7. The van der Waals surface area contributed by atoms with Crippen LogP contribution in [-0.4, -0.2) is 132 Å². The summed E-state index contributed by atoms with van der Waals surface area (Å²) in [7, 11) is 0. The molecule has 12 N–H and O–H groups in total. The van der Waals surface area contributed by atoms with Crippen molar-refractivity contribution < 1.29 is 57.7 Å². The van der Waals surface area contributed by atoms with Crippen molar-refractivity contribution in [3.05, 3.63) is 215 Å². The Morgan fingerprint density at radius 1 is 0.330 bits per heavy atom. The third-order valence-corrected chi connectivity index (χ3v) is 22.7. The maximum Gasteiger partial charge on any atom is 0.335 e. The summed E-state index contributed by atoms with van der Waals surface area (Å²) >= 11 is -1.50. The van der Waals surface area contributed by atoms with Crippen molar-refractivity contribution in [1.82, 2.24) is 21.3 Å². The highest BCUT2D eigenvalue weighted by atomic mass is 32.1. The number of hydrogen-bond donors (Lipinski definition) is 12. The number of hydrogen-bond acceptors (Lipinski definition) is 16. The van der Waals surface area contributed by atoms with E-state index in [0.29, 0.717) is 47.8 Å².